The molecule has 0 aliphatic rings. The van der Waals surface area contributed by atoms with Gasteiger partial charge >= 0.3 is 0 Å². The number of aliphatic hydroxyl groups excluding tert-OH is 1. The molecule has 3 heteroatoms. The largest absolute Gasteiger partial charge is 0.393 e. The van der Waals surface area contributed by atoms with E-state index in [0.29, 0.717) is 6.42 Å². The summed E-state index contributed by atoms with van der Waals surface area (Å²) in [6.07, 6.45) is 2.13. The minimum absolute atomic E-state index is 0.294. The maximum absolute atomic E-state index is 9.04. The Hall–Kier alpha value is -0.410. The lowest BCUT2D eigenvalue weighted by molar-refractivity contribution is 0.195. The Kier molecular flexibility index (Phi) is 3.02. The van der Waals surface area contributed by atoms with Gasteiger partial charge in [-0.15, -0.1) is 0 Å². The molecule has 0 radical (unpaired) electrons. The topological polar surface area (TPSA) is 33.1 Å². The monoisotopic (exact) mass is 215 g/mol. The molecule has 0 saturated heterocycles. The lowest BCUT2D eigenvalue weighted by Crippen LogP contribution is -2.04. The van der Waals surface area contributed by atoms with Crippen molar-refractivity contribution in [3.05, 3.63) is 28.5 Å². The molecule has 0 spiro atoms. The summed E-state index contributed by atoms with van der Waals surface area (Å²) in [6, 6.07) is 3.82. The van der Waals surface area contributed by atoms with E-state index >= 15 is 0 Å². The second-order valence-corrected chi connectivity index (χ2v) is 3.35. The summed E-state index contributed by atoms with van der Waals surface area (Å²) in [4.78, 5) is 4.04. The number of aliphatic hydroxyl groups is 1. The van der Waals surface area contributed by atoms with Crippen LogP contribution in [-0.2, 0) is 6.42 Å². The van der Waals surface area contributed by atoms with Crippen molar-refractivity contribution in [1.29, 1.82) is 0 Å². The fourth-order valence-corrected chi connectivity index (χ4v) is 1.10. The average molecular weight is 216 g/mol. The quantitative estimate of drug-likeness (QED) is 0.764. The molecule has 1 aromatic heterocycles. The third-order valence-corrected chi connectivity index (χ3v) is 1.79. The third kappa shape index (κ3) is 2.99. The predicted molar refractivity (Wildman–Crippen MR) is 47.3 cm³/mol. The number of rotatable bonds is 2. The number of hydrogen-bond donors (Lipinski definition) is 1. The van der Waals surface area contributed by atoms with E-state index in [1.54, 1.807) is 13.1 Å². The van der Waals surface area contributed by atoms with Gasteiger partial charge in [0, 0.05) is 6.20 Å². The molecule has 1 aromatic rings. The molecule has 0 bridgehead atoms. The Bertz CT molecular complexity index is 220. The van der Waals surface area contributed by atoms with Crippen molar-refractivity contribution in [2.24, 2.45) is 0 Å². The fourth-order valence-electron chi connectivity index (χ4n) is 0.868. The maximum Gasteiger partial charge on any atom is 0.106 e. The molecular formula is C8H10BrNO. The number of halogens is 1. The maximum atomic E-state index is 9.04. The highest BCUT2D eigenvalue weighted by molar-refractivity contribution is 9.10. The van der Waals surface area contributed by atoms with Crippen molar-refractivity contribution in [3.63, 3.8) is 0 Å². The molecule has 1 atom stereocenters. The Morgan fingerprint density at radius 3 is 2.82 bits per heavy atom. The summed E-state index contributed by atoms with van der Waals surface area (Å²) < 4.78 is 0.826. The van der Waals surface area contributed by atoms with Gasteiger partial charge in [-0.05, 0) is 40.9 Å². The van der Waals surface area contributed by atoms with Gasteiger partial charge in [0.1, 0.15) is 4.60 Å². The Morgan fingerprint density at radius 1 is 1.64 bits per heavy atom. The highest BCUT2D eigenvalue weighted by Crippen LogP contribution is 2.07. The molecule has 0 aromatic carbocycles. The van der Waals surface area contributed by atoms with Crippen molar-refractivity contribution in [1.82, 2.24) is 4.98 Å². The van der Waals surface area contributed by atoms with E-state index < -0.39 is 0 Å². The lowest BCUT2D eigenvalue weighted by atomic mass is 10.1. The van der Waals surface area contributed by atoms with Gasteiger partial charge in [0.05, 0.1) is 6.10 Å². The van der Waals surface area contributed by atoms with Gasteiger partial charge < -0.3 is 5.11 Å². The summed E-state index contributed by atoms with van der Waals surface area (Å²) >= 11 is 3.24. The molecule has 1 rings (SSSR count). The van der Waals surface area contributed by atoms with E-state index in [1.165, 1.54) is 0 Å². The van der Waals surface area contributed by atoms with Gasteiger partial charge in [0.25, 0.3) is 0 Å². The summed E-state index contributed by atoms with van der Waals surface area (Å²) in [5, 5.41) is 9.04. The molecule has 0 saturated carbocycles. The van der Waals surface area contributed by atoms with E-state index in [2.05, 4.69) is 20.9 Å². The van der Waals surface area contributed by atoms with Crippen LogP contribution in [0.4, 0.5) is 0 Å². The first-order valence-electron chi connectivity index (χ1n) is 3.47. The predicted octanol–water partition coefficient (Wildman–Crippen LogP) is 1.77. The van der Waals surface area contributed by atoms with Crippen LogP contribution in [0.3, 0.4) is 0 Å². The first kappa shape index (κ1) is 8.68. The van der Waals surface area contributed by atoms with Gasteiger partial charge in [-0.25, -0.2) is 4.98 Å². The smallest absolute Gasteiger partial charge is 0.106 e. The zero-order valence-electron chi connectivity index (χ0n) is 6.29. The van der Waals surface area contributed by atoms with E-state index in [1.807, 2.05) is 12.1 Å². The van der Waals surface area contributed by atoms with Crippen LogP contribution in [-0.4, -0.2) is 16.2 Å². The highest BCUT2D eigenvalue weighted by atomic mass is 79.9. The molecule has 0 amide bonds. The van der Waals surface area contributed by atoms with Gasteiger partial charge in [-0.1, -0.05) is 6.07 Å². The van der Waals surface area contributed by atoms with Crippen LogP contribution in [0, 0.1) is 0 Å². The van der Waals surface area contributed by atoms with Gasteiger partial charge in [0.2, 0.25) is 0 Å². The van der Waals surface area contributed by atoms with E-state index in [-0.39, 0.29) is 6.10 Å². The lowest BCUT2D eigenvalue weighted by Gasteiger charge is -2.02. The Labute approximate surface area is 74.4 Å². The van der Waals surface area contributed by atoms with Crippen molar-refractivity contribution in [2.45, 2.75) is 19.4 Å². The van der Waals surface area contributed by atoms with E-state index in [4.69, 9.17) is 5.11 Å². The molecule has 0 aliphatic heterocycles. The van der Waals surface area contributed by atoms with E-state index in [0.717, 1.165) is 10.2 Å². The second-order valence-electron chi connectivity index (χ2n) is 2.54. The average Bonchev–Trinajstić information content (AvgIpc) is 1.93. The second kappa shape index (κ2) is 3.83. The zero-order valence-corrected chi connectivity index (χ0v) is 7.87. The van der Waals surface area contributed by atoms with Crippen LogP contribution in [0.25, 0.3) is 0 Å². The summed E-state index contributed by atoms with van der Waals surface area (Å²) in [7, 11) is 0. The van der Waals surface area contributed by atoms with Crippen molar-refractivity contribution >= 4 is 15.9 Å². The molecule has 60 valence electrons. The number of hydrogen-bond acceptors (Lipinski definition) is 2. The minimum atomic E-state index is -0.294. The van der Waals surface area contributed by atoms with Gasteiger partial charge in [0.15, 0.2) is 0 Å². The molecule has 1 heterocycles. The van der Waals surface area contributed by atoms with E-state index in [9.17, 15) is 0 Å². The van der Waals surface area contributed by atoms with Crippen molar-refractivity contribution in [2.75, 3.05) is 0 Å². The van der Waals surface area contributed by atoms with Crippen LogP contribution in [0.1, 0.15) is 12.5 Å². The molecule has 0 aliphatic carbocycles. The normalized spacial score (nSPS) is 13.0. The van der Waals surface area contributed by atoms with Crippen LogP contribution in [0.5, 0.6) is 0 Å². The molecule has 0 fully saturated rings. The van der Waals surface area contributed by atoms with Crippen molar-refractivity contribution < 1.29 is 5.11 Å². The van der Waals surface area contributed by atoms with Gasteiger partial charge in [-0.3, -0.25) is 0 Å². The first-order valence-corrected chi connectivity index (χ1v) is 4.26. The van der Waals surface area contributed by atoms with Crippen LogP contribution >= 0.6 is 15.9 Å². The van der Waals surface area contributed by atoms with Crippen LogP contribution in [0.15, 0.2) is 22.9 Å². The standard InChI is InChI=1S/C8H10BrNO/c1-6(11)4-7-2-3-8(9)10-5-7/h2-3,5-6,11H,4H2,1H3/t6-/m1/s1. The van der Waals surface area contributed by atoms with Crippen LogP contribution < -0.4 is 0 Å². The summed E-state index contributed by atoms with van der Waals surface area (Å²) in [6.45, 7) is 1.77. The Morgan fingerprint density at radius 2 is 2.36 bits per heavy atom. The van der Waals surface area contributed by atoms with Crippen LogP contribution in [0.2, 0.25) is 0 Å². The Balaban J connectivity index is 2.66. The first-order chi connectivity index (χ1) is 5.18. The summed E-state index contributed by atoms with van der Waals surface area (Å²) in [5.74, 6) is 0. The third-order valence-electron chi connectivity index (χ3n) is 1.32. The van der Waals surface area contributed by atoms with Gasteiger partial charge in [-0.2, -0.15) is 0 Å². The summed E-state index contributed by atoms with van der Waals surface area (Å²) in [5.41, 5.74) is 1.06. The molecule has 2 nitrogen and oxygen atoms in total. The highest BCUT2D eigenvalue weighted by Gasteiger charge is 1.98. The SMILES string of the molecule is C[C@@H](O)Cc1ccc(Br)nc1. The molecule has 1 N–H and O–H groups in total. The minimum Gasteiger partial charge on any atom is -0.393 e. The molecule has 0 unspecified atom stereocenters. The number of aromatic nitrogens is 1. The number of nitrogens with zero attached hydrogens (tertiary/aromatic N) is 1. The fraction of sp³-hybridized carbons (Fsp3) is 0.375. The molecular weight excluding hydrogens is 206 g/mol. The molecule has 11 heavy (non-hydrogen) atoms. The zero-order chi connectivity index (χ0) is 8.27. The van der Waals surface area contributed by atoms with Crippen molar-refractivity contribution in [3.8, 4) is 0 Å². The number of pyridine rings is 1.